The van der Waals surface area contributed by atoms with Crippen LogP contribution in [0.3, 0.4) is 0 Å². The molecule has 0 saturated heterocycles. The van der Waals surface area contributed by atoms with Crippen LogP contribution in [0.2, 0.25) is 0 Å². The molecule has 0 bridgehead atoms. The van der Waals surface area contributed by atoms with Crippen LogP contribution < -0.4 is 4.72 Å². The summed E-state index contributed by atoms with van der Waals surface area (Å²) in [5, 5.41) is 9.44. The molecule has 1 aliphatic rings. The lowest BCUT2D eigenvalue weighted by Crippen LogP contribution is -2.41. The molecule has 2 aromatic rings. The second-order valence-corrected chi connectivity index (χ2v) is 7.33. The maximum Gasteiger partial charge on any atom is 0.273 e. The van der Waals surface area contributed by atoms with Gasteiger partial charge in [-0.3, -0.25) is 4.79 Å². The van der Waals surface area contributed by atoms with Gasteiger partial charge < -0.3 is 14.4 Å². The van der Waals surface area contributed by atoms with Crippen molar-refractivity contribution in [3.05, 3.63) is 53.3 Å². The third-order valence-electron chi connectivity index (χ3n) is 4.20. The number of benzene rings is 1. The number of fused-ring (bicyclic) bond motifs is 1. The molecule has 0 radical (unpaired) electrons. The lowest BCUT2D eigenvalue weighted by atomic mass is 9.92. The molecule has 1 aliphatic heterocycles. The Labute approximate surface area is 139 Å². The van der Waals surface area contributed by atoms with Crippen molar-refractivity contribution in [3.8, 4) is 0 Å². The normalized spacial score (nSPS) is 17.6. The van der Waals surface area contributed by atoms with Crippen molar-refractivity contribution in [3.63, 3.8) is 0 Å². The number of furan rings is 1. The first-order valence-electron chi connectivity index (χ1n) is 7.49. The van der Waals surface area contributed by atoms with E-state index in [0.29, 0.717) is 13.0 Å². The average Bonchev–Trinajstić information content (AvgIpc) is 3.11. The van der Waals surface area contributed by atoms with Gasteiger partial charge in [-0.15, -0.1) is 0 Å². The van der Waals surface area contributed by atoms with Gasteiger partial charge in [0.2, 0.25) is 5.09 Å². The fraction of sp³-hybridized carbons (Fsp3) is 0.312. The zero-order chi connectivity index (χ0) is 17.3. The smallest absolute Gasteiger partial charge is 0.273 e. The van der Waals surface area contributed by atoms with Gasteiger partial charge in [0.15, 0.2) is 0 Å². The number of aliphatic hydroxyl groups excluding tert-OH is 1. The number of aliphatic hydroxyl groups is 1. The number of carbonyl (C=O) groups is 1. The summed E-state index contributed by atoms with van der Waals surface area (Å²) in [7, 11) is -2.48. The highest BCUT2D eigenvalue weighted by Crippen LogP contribution is 2.31. The van der Waals surface area contributed by atoms with Gasteiger partial charge in [0, 0.05) is 12.6 Å². The highest BCUT2D eigenvalue weighted by Gasteiger charge is 2.32. The fourth-order valence-electron chi connectivity index (χ4n) is 2.93. The molecule has 7 nitrogen and oxygen atoms in total. The molecule has 0 fully saturated rings. The van der Waals surface area contributed by atoms with E-state index in [2.05, 4.69) is 4.72 Å². The summed E-state index contributed by atoms with van der Waals surface area (Å²) in [6.07, 6.45) is 1.80. The molecule has 2 heterocycles. The molecule has 3 rings (SSSR count). The van der Waals surface area contributed by atoms with E-state index in [-0.39, 0.29) is 23.2 Å². The summed E-state index contributed by atoms with van der Waals surface area (Å²) in [4.78, 5) is 14.3. The standard InChI is InChI=1S/C16H18N2O5S/c1-17-24(21,22)15-8-12(10-23-15)16(20)18-7-6-11-4-2-3-5-13(11)14(18)9-19/h2-5,8,10,14,17,19H,6-7,9H2,1H3. The number of hydrogen-bond donors (Lipinski definition) is 2. The van der Waals surface area contributed by atoms with Gasteiger partial charge in [0.1, 0.15) is 6.26 Å². The lowest BCUT2D eigenvalue weighted by Gasteiger charge is -2.36. The number of sulfonamides is 1. The zero-order valence-electron chi connectivity index (χ0n) is 13.1. The first-order chi connectivity index (χ1) is 11.5. The predicted molar refractivity (Wildman–Crippen MR) is 86.0 cm³/mol. The van der Waals surface area contributed by atoms with Crippen molar-refractivity contribution in [2.45, 2.75) is 17.6 Å². The molecule has 128 valence electrons. The van der Waals surface area contributed by atoms with Crippen LogP contribution in [-0.4, -0.2) is 44.5 Å². The molecule has 1 aromatic carbocycles. The summed E-state index contributed by atoms with van der Waals surface area (Å²) in [5.74, 6) is -0.371. The minimum atomic E-state index is -3.75. The Morgan fingerprint density at radius 1 is 1.42 bits per heavy atom. The van der Waals surface area contributed by atoms with E-state index in [4.69, 9.17) is 4.42 Å². The van der Waals surface area contributed by atoms with Crippen molar-refractivity contribution in [2.75, 3.05) is 20.2 Å². The molecule has 1 unspecified atom stereocenters. The number of amides is 1. The highest BCUT2D eigenvalue weighted by atomic mass is 32.2. The Bertz CT molecular complexity index is 859. The quantitative estimate of drug-likeness (QED) is 0.854. The number of hydrogen-bond acceptors (Lipinski definition) is 5. The Kier molecular flexibility index (Phi) is 4.44. The van der Waals surface area contributed by atoms with Crippen LogP contribution in [-0.2, 0) is 16.4 Å². The fourth-order valence-corrected chi connectivity index (χ4v) is 3.59. The third kappa shape index (κ3) is 2.83. The van der Waals surface area contributed by atoms with E-state index >= 15 is 0 Å². The second-order valence-electron chi connectivity index (χ2n) is 5.51. The number of rotatable bonds is 4. The first-order valence-corrected chi connectivity index (χ1v) is 8.98. The monoisotopic (exact) mass is 350 g/mol. The minimum absolute atomic E-state index is 0.140. The van der Waals surface area contributed by atoms with Crippen molar-refractivity contribution in [2.24, 2.45) is 0 Å². The minimum Gasteiger partial charge on any atom is -0.451 e. The SMILES string of the molecule is CNS(=O)(=O)c1cc(C(=O)N2CCc3ccccc3C2CO)co1. The van der Waals surface area contributed by atoms with E-state index in [1.165, 1.54) is 13.1 Å². The molecule has 0 saturated carbocycles. The Hall–Kier alpha value is -2.16. The van der Waals surface area contributed by atoms with E-state index in [1.807, 2.05) is 24.3 Å². The summed E-state index contributed by atoms with van der Waals surface area (Å²) in [6, 6.07) is 8.41. The van der Waals surface area contributed by atoms with E-state index < -0.39 is 16.1 Å². The molecule has 24 heavy (non-hydrogen) atoms. The van der Waals surface area contributed by atoms with Crippen LogP contribution in [0.5, 0.6) is 0 Å². The van der Waals surface area contributed by atoms with Crippen molar-refractivity contribution >= 4 is 15.9 Å². The predicted octanol–water partition coefficient (Wildman–Crippen LogP) is 0.920. The van der Waals surface area contributed by atoms with Crippen molar-refractivity contribution in [1.82, 2.24) is 9.62 Å². The third-order valence-corrected chi connectivity index (χ3v) is 5.48. The van der Waals surface area contributed by atoms with Crippen LogP contribution in [0, 0.1) is 0 Å². The Morgan fingerprint density at radius 3 is 2.88 bits per heavy atom. The molecule has 1 atom stereocenters. The summed E-state index contributed by atoms with van der Waals surface area (Å²) in [6.45, 7) is 0.239. The zero-order valence-corrected chi connectivity index (χ0v) is 13.9. The average molecular weight is 350 g/mol. The van der Waals surface area contributed by atoms with Gasteiger partial charge >= 0.3 is 0 Å². The van der Waals surface area contributed by atoms with Gasteiger partial charge in [-0.2, -0.15) is 0 Å². The highest BCUT2D eigenvalue weighted by molar-refractivity contribution is 7.89. The van der Waals surface area contributed by atoms with Crippen LogP contribution in [0.25, 0.3) is 0 Å². The van der Waals surface area contributed by atoms with Gasteiger partial charge in [0.05, 0.1) is 18.2 Å². The van der Waals surface area contributed by atoms with E-state index in [1.54, 1.807) is 4.90 Å². The van der Waals surface area contributed by atoms with Gasteiger partial charge in [-0.1, -0.05) is 24.3 Å². The molecule has 1 amide bonds. The number of carbonyl (C=O) groups excluding carboxylic acids is 1. The Morgan fingerprint density at radius 2 is 2.17 bits per heavy atom. The molecule has 8 heteroatoms. The van der Waals surface area contributed by atoms with Gasteiger partial charge in [0.25, 0.3) is 15.9 Å². The molecule has 0 spiro atoms. The molecule has 0 aliphatic carbocycles. The van der Waals surface area contributed by atoms with Crippen LogP contribution in [0.1, 0.15) is 27.5 Å². The second kappa shape index (κ2) is 6.39. The number of nitrogens with zero attached hydrogens (tertiary/aromatic N) is 1. The molecule has 1 aromatic heterocycles. The topological polar surface area (TPSA) is 99.9 Å². The van der Waals surface area contributed by atoms with Crippen molar-refractivity contribution in [1.29, 1.82) is 0 Å². The lowest BCUT2D eigenvalue weighted by molar-refractivity contribution is 0.0568. The molecular formula is C16H18N2O5S. The maximum atomic E-state index is 12.7. The number of nitrogens with one attached hydrogen (secondary N) is 1. The van der Waals surface area contributed by atoms with Crippen molar-refractivity contribution < 1.29 is 22.7 Å². The molecular weight excluding hydrogens is 332 g/mol. The largest absolute Gasteiger partial charge is 0.451 e. The van der Waals surface area contributed by atoms with Crippen LogP contribution in [0.4, 0.5) is 0 Å². The van der Waals surface area contributed by atoms with E-state index in [0.717, 1.165) is 17.4 Å². The summed E-state index contributed by atoms with van der Waals surface area (Å²) in [5.41, 5.74) is 2.15. The van der Waals surface area contributed by atoms with E-state index in [9.17, 15) is 18.3 Å². The first kappa shape index (κ1) is 16.7. The summed E-state index contributed by atoms with van der Waals surface area (Å²) >= 11 is 0. The maximum absolute atomic E-state index is 12.7. The van der Waals surface area contributed by atoms with Gasteiger partial charge in [-0.25, -0.2) is 13.1 Å². The van der Waals surface area contributed by atoms with Crippen LogP contribution >= 0.6 is 0 Å². The summed E-state index contributed by atoms with van der Waals surface area (Å²) < 4.78 is 30.6. The van der Waals surface area contributed by atoms with Gasteiger partial charge in [-0.05, 0) is 24.6 Å². The molecule has 2 N–H and O–H groups in total. The Balaban J connectivity index is 1.91. The van der Waals surface area contributed by atoms with Crippen LogP contribution in [0.15, 0.2) is 46.1 Å².